The lowest BCUT2D eigenvalue weighted by atomic mass is 9.94. The Morgan fingerprint density at radius 3 is 2.73 bits per heavy atom. The van der Waals surface area contributed by atoms with Gasteiger partial charge >= 0.3 is 0 Å². The quantitative estimate of drug-likeness (QED) is 0.680. The van der Waals surface area contributed by atoms with Crippen molar-refractivity contribution in [2.75, 3.05) is 37.7 Å². The molecule has 0 spiro atoms. The van der Waals surface area contributed by atoms with E-state index in [1.54, 1.807) is 0 Å². The largest absolute Gasteiger partial charge is 0.339 e. The molecule has 22 heavy (non-hydrogen) atoms. The third-order valence-electron chi connectivity index (χ3n) is 4.87. The zero-order valence-electron chi connectivity index (χ0n) is 12.7. The molecule has 6 nitrogen and oxygen atoms in total. The summed E-state index contributed by atoms with van der Waals surface area (Å²) in [5, 5.41) is 4.47. The fourth-order valence-electron chi connectivity index (χ4n) is 3.79. The van der Waals surface area contributed by atoms with Gasteiger partial charge in [0.1, 0.15) is 0 Å². The highest BCUT2D eigenvalue weighted by atomic mass is 32.2. The number of allylic oxidation sites excluding steroid dienone is 1. The summed E-state index contributed by atoms with van der Waals surface area (Å²) in [5.41, 5.74) is 2.60. The van der Waals surface area contributed by atoms with Gasteiger partial charge in [-0.2, -0.15) is 21.8 Å². The van der Waals surface area contributed by atoms with Gasteiger partial charge in [0.25, 0.3) is 5.96 Å². The lowest BCUT2D eigenvalue weighted by Crippen LogP contribution is -2.57. The highest BCUT2D eigenvalue weighted by molar-refractivity contribution is 7.99. The molecule has 0 bridgehead atoms. The highest BCUT2D eigenvalue weighted by Gasteiger charge is 2.42. The van der Waals surface area contributed by atoms with Crippen molar-refractivity contribution in [3.63, 3.8) is 0 Å². The number of nitrogens with zero attached hydrogens (tertiary/aromatic N) is 6. The Hall–Kier alpha value is -1.50. The Morgan fingerprint density at radius 1 is 0.955 bits per heavy atom. The third kappa shape index (κ3) is 1.84. The summed E-state index contributed by atoms with van der Waals surface area (Å²) in [7, 11) is 0. The Morgan fingerprint density at radius 2 is 1.82 bits per heavy atom. The highest BCUT2D eigenvalue weighted by Crippen LogP contribution is 2.35. The molecule has 1 fully saturated rings. The van der Waals surface area contributed by atoms with E-state index < -0.39 is 0 Å². The first-order valence-corrected chi connectivity index (χ1v) is 9.42. The predicted octanol–water partition coefficient (Wildman–Crippen LogP) is 1.53. The molecule has 0 aromatic rings. The minimum absolute atomic E-state index is 0.840. The van der Waals surface area contributed by atoms with Gasteiger partial charge in [0, 0.05) is 30.2 Å². The van der Waals surface area contributed by atoms with Crippen molar-refractivity contribution >= 4 is 29.5 Å². The summed E-state index contributed by atoms with van der Waals surface area (Å²) in [6, 6.07) is 0. The zero-order chi connectivity index (χ0) is 14.5. The van der Waals surface area contributed by atoms with Crippen LogP contribution < -0.4 is 0 Å². The van der Waals surface area contributed by atoms with Crippen molar-refractivity contribution in [2.24, 2.45) is 15.0 Å². The van der Waals surface area contributed by atoms with E-state index in [1.807, 2.05) is 11.8 Å². The van der Waals surface area contributed by atoms with E-state index in [0.29, 0.717) is 0 Å². The van der Waals surface area contributed by atoms with Gasteiger partial charge in [-0.1, -0.05) is 0 Å². The molecule has 1 saturated heterocycles. The van der Waals surface area contributed by atoms with Gasteiger partial charge in [0.05, 0.1) is 18.8 Å². The molecule has 5 rings (SSSR count). The number of rotatable bonds is 0. The van der Waals surface area contributed by atoms with E-state index in [9.17, 15) is 0 Å². The molecule has 0 saturated carbocycles. The second kappa shape index (κ2) is 5.01. The van der Waals surface area contributed by atoms with Crippen molar-refractivity contribution in [2.45, 2.75) is 25.7 Å². The van der Waals surface area contributed by atoms with Crippen LogP contribution in [0.25, 0.3) is 0 Å². The number of hydrazine groups is 1. The Balaban J connectivity index is 1.56. The number of hydrogen-bond acceptors (Lipinski definition) is 7. The summed E-state index contributed by atoms with van der Waals surface area (Å²) in [6.45, 7) is 3.94. The molecule has 0 amide bonds. The smallest absolute Gasteiger partial charge is 0.254 e. The topological polar surface area (TPSA) is 46.8 Å². The van der Waals surface area contributed by atoms with Gasteiger partial charge in [-0.05, 0) is 25.7 Å². The van der Waals surface area contributed by atoms with Crippen LogP contribution in [0.3, 0.4) is 0 Å². The van der Waals surface area contributed by atoms with Gasteiger partial charge in [-0.15, -0.1) is 0 Å². The molecule has 0 atom stereocenters. The molecule has 5 aliphatic rings. The van der Waals surface area contributed by atoms with Crippen LogP contribution in [0.5, 0.6) is 0 Å². The maximum absolute atomic E-state index is 4.89. The van der Waals surface area contributed by atoms with Crippen LogP contribution in [0.15, 0.2) is 26.2 Å². The minimum Gasteiger partial charge on any atom is -0.339 e. The van der Waals surface area contributed by atoms with Crippen LogP contribution in [0.1, 0.15) is 25.7 Å². The van der Waals surface area contributed by atoms with E-state index >= 15 is 0 Å². The van der Waals surface area contributed by atoms with Gasteiger partial charge in [0.15, 0.2) is 5.84 Å². The molecule has 7 heteroatoms. The van der Waals surface area contributed by atoms with Crippen LogP contribution in [0.4, 0.5) is 0 Å². The van der Waals surface area contributed by atoms with Crippen molar-refractivity contribution < 1.29 is 0 Å². The number of thioether (sulfide) groups is 1. The van der Waals surface area contributed by atoms with E-state index in [-0.39, 0.29) is 0 Å². The zero-order valence-corrected chi connectivity index (χ0v) is 13.5. The lowest BCUT2D eigenvalue weighted by molar-refractivity contribution is 0.191. The molecule has 0 unspecified atom stereocenters. The first kappa shape index (κ1) is 13.0. The Labute approximate surface area is 134 Å². The van der Waals surface area contributed by atoms with E-state index in [1.165, 1.54) is 35.6 Å². The average molecular weight is 316 g/mol. The van der Waals surface area contributed by atoms with Crippen molar-refractivity contribution in [1.29, 1.82) is 0 Å². The van der Waals surface area contributed by atoms with Crippen LogP contribution in [0, 0.1) is 0 Å². The summed E-state index contributed by atoms with van der Waals surface area (Å²) in [6.07, 6.45) is 4.70. The molecular formula is C15H20N6S. The maximum atomic E-state index is 4.89. The second-order valence-corrected chi connectivity index (χ2v) is 7.42. The number of amidine groups is 1. The van der Waals surface area contributed by atoms with Crippen LogP contribution in [-0.4, -0.2) is 70.4 Å². The second-order valence-electron chi connectivity index (χ2n) is 6.20. The SMILES string of the molecule is C1CCC2=C(C1)N=C1N=C(N3CCSCC3)N3CCN=C2N13. The Bertz CT molecular complexity index is 628. The van der Waals surface area contributed by atoms with E-state index in [2.05, 4.69) is 14.9 Å². The van der Waals surface area contributed by atoms with Gasteiger partial charge in [-0.25, -0.2) is 10.0 Å². The van der Waals surface area contributed by atoms with Gasteiger partial charge < -0.3 is 4.90 Å². The number of hydrogen-bond donors (Lipinski definition) is 0. The first-order valence-electron chi connectivity index (χ1n) is 8.26. The molecule has 0 aromatic carbocycles. The minimum atomic E-state index is 0.840. The molecular weight excluding hydrogens is 296 g/mol. The molecule has 1 aliphatic carbocycles. The Kier molecular flexibility index (Phi) is 2.96. The number of guanidine groups is 2. The summed E-state index contributed by atoms with van der Waals surface area (Å²) in [5.74, 6) is 5.43. The predicted molar refractivity (Wildman–Crippen MR) is 90.1 cm³/mol. The monoisotopic (exact) mass is 316 g/mol. The number of fused-ring (bicyclic) bond motifs is 1. The molecule has 116 valence electrons. The maximum Gasteiger partial charge on any atom is 0.254 e. The number of aliphatic imine (C=N–C) groups is 3. The molecule has 0 N–H and O–H groups in total. The summed E-state index contributed by atoms with van der Waals surface area (Å²) >= 11 is 2.03. The van der Waals surface area contributed by atoms with E-state index in [4.69, 9.17) is 15.0 Å². The first-order chi connectivity index (χ1) is 10.9. The average Bonchev–Trinajstić information content (AvgIpc) is 2.96. The van der Waals surface area contributed by atoms with Gasteiger partial charge in [-0.3, -0.25) is 4.99 Å². The molecule has 0 radical (unpaired) electrons. The van der Waals surface area contributed by atoms with Crippen LogP contribution in [-0.2, 0) is 0 Å². The van der Waals surface area contributed by atoms with Crippen molar-refractivity contribution in [3.8, 4) is 0 Å². The van der Waals surface area contributed by atoms with Crippen LogP contribution >= 0.6 is 11.8 Å². The molecule has 4 aliphatic heterocycles. The van der Waals surface area contributed by atoms with Gasteiger partial charge in [0.2, 0.25) is 5.96 Å². The normalized spacial score (nSPS) is 27.3. The standard InChI is InChI=1S/C15H20N6S/c1-2-4-12-11(3-1)13-16-5-6-20-15(18-14(17-12)21(13)20)19-7-9-22-10-8-19/h1-10H2. The van der Waals surface area contributed by atoms with Crippen LogP contribution in [0.2, 0.25) is 0 Å². The summed E-state index contributed by atoms with van der Waals surface area (Å²) < 4.78 is 0. The summed E-state index contributed by atoms with van der Waals surface area (Å²) in [4.78, 5) is 17.0. The molecule has 0 aromatic heterocycles. The van der Waals surface area contributed by atoms with Crippen molar-refractivity contribution in [1.82, 2.24) is 14.9 Å². The fraction of sp³-hybridized carbons (Fsp3) is 0.667. The van der Waals surface area contributed by atoms with E-state index in [0.717, 1.165) is 56.8 Å². The molecule has 4 heterocycles. The van der Waals surface area contributed by atoms with Crippen molar-refractivity contribution in [3.05, 3.63) is 11.3 Å². The fourth-order valence-corrected chi connectivity index (χ4v) is 4.69. The third-order valence-corrected chi connectivity index (χ3v) is 5.82. The lowest BCUT2D eigenvalue weighted by Gasteiger charge is -2.41.